The van der Waals surface area contributed by atoms with E-state index in [0.29, 0.717) is 19.3 Å². The van der Waals surface area contributed by atoms with Gasteiger partial charge < -0.3 is 14.2 Å². The zero-order valence-corrected chi connectivity index (χ0v) is 46.6. The van der Waals surface area contributed by atoms with Crippen molar-refractivity contribution in [2.45, 2.75) is 361 Å². The van der Waals surface area contributed by atoms with Crippen molar-refractivity contribution < 1.29 is 28.6 Å². The molecule has 0 amide bonds. The molecule has 0 aromatic heterocycles. The Kier molecular flexibility index (Phi) is 55.0. The molecule has 2 atom stereocenters. The molecule has 6 heteroatoms. The number of ether oxygens (including phenoxy) is 3. The van der Waals surface area contributed by atoms with Gasteiger partial charge in [0.25, 0.3) is 0 Å². The number of rotatable bonds is 57. The van der Waals surface area contributed by atoms with Crippen LogP contribution in [-0.2, 0) is 28.6 Å². The molecule has 0 aliphatic heterocycles. The first-order chi connectivity index (χ1) is 33.4. The van der Waals surface area contributed by atoms with E-state index in [1.807, 2.05) is 0 Å². The minimum atomic E-state index is -0.761. The van der Waals surface area contributed by atoms with Gasteiger partial charge in [0.05, 0.1) is 0 Å². The second-order valence-corrected chi connectivity index (χ2v) is 21.6. The van der Waals surface area contributed by atoms with E-state index in [1.165, 1.54) is 250 Å². The van der Waals surface area contributed by atoms with Crippen LogP contribution in [0.2, 0.25) is 0 Å². The molecule has 0 aliphatic carbocycles. The first kappa shape index (κ1) is 66.4. The lowest BCUT2D eigenvalue weighted by Gasteiger charge is -2.18. The van der Waals surface area contributed by atoms with Crippen molar-refractivity contribution in [3.63, 3.8) is 0 Å². The maximum Gasteiger partial charge on any atom is 0.306 e. The van der Waals surface area contributed by atoms with E-state index in [9.17, 15) is 14.4 Å². The second-order valence-electron chi connectivity index (χ2n) is 21.6. The molecule has 0 saturated carbocycles. The van der Waals surface area contributed by atoms with Crippen LogP contribution in [0.25, 0.3) is 0 Å². The lowest BCUT2D eigenvalue weighted by Crippen LogP contribution is -2.30. The molecule has 404 valence electrons. The van der Waals surface area contributed by atoms with E-state index < -0.39 is 6.10 Å². The molecule has 0 N–H and O–H groups in total. The van der Waals surface area contributed by atoms with Crippen molar-refractivity contribution >= 4 is 17.9 Å². The summed E-state index contributed by atoms with van der Waals surface area (Å²) in [6.45, 7) is 9.10. The lowest BCUT2D eigenvalue weighted by atomic mass is 9.99. The molecule has 0 fully saturated rings. The molecule has 0 spiro atoms. The van der Waals surface area contributed by atoms with Gasteiger partial charge in [-0.25, -0.2) is 0 Å². The predicted octanol–water partition coefficient (Wildman–Crippen LogP) is 20.6. The second kappa shape index (κ2) is 56.3. The minimum Gasteiger partial charge on any atom is -0.462 e. The Balaban J connectivity index is 4.16. The number of hydrogen-bond donors (Lipinski definition) is 0. The van der Waals surface area contributed by atoms with Crippen LogP contribution >= 0.6 is 0 Å². The fraction of sp³-hybridized carbons (Fsp3) is 0.952. The largest absolute Gasteiger partial charge is 0.462 e. The van der Waals surface area contributed by atoms with Crippen LogP contribution in [0.3, 0.4) is 0 Å². The summed E-state index contributed by atoms with van der Waals surface area (Å²) in [6.07, 6.45) is 62.5. The van der Waals surface area contributed by atoms with Gasteiger partial charge >= 0.3 is 17.9 Å². The average molecular weight is 962 g/mol. The van der Waals surface area contributed by atoms with Crippen molar-refractivity contribution in [1.29, 1.82) is 0 Å². The Morgan fingerprint density at radius 1 is 0.294 bits per heavy atom. The maximum absolute atomic E-state index is 12.9. The maximum atomic E-state index is 12.9. The molecule has 0 saturated heterocycles. The zero-order valence-electron chi connectivity index (χ0n) is 46.6. The van der Waals surface area contributed by atoms with Crippen LogP contribution < -0.4 is 0 Å². The molecule has 1 unspecified atom stereocenters. The summed E-state index contributed by atoms with van der Waals surface area (Å²) in [6, 6.07) is 0. The fourth-order valence-electron chi connectivity index (χ4n) is 9.60. The van der Waals surface area contributed by atoms with E-state index >= 15 is 0 Å². The Hall–Kier alpha value is -1.59. The molecule has 0 heterocycles. The van der Waals surface area contributed by atoms with Crippen molar-refractivity contribution in [2.24, 2.45) is 5.92 Å². The number of carbonyl (C=O) groups excluding carboxylic acids is 3. The van der Waals surface area contributed by atoms with Crippen LogP contribution in [0, 0.1) is 5.92 Å². The summed E-state index contributed by atoms with van der Waals surface area (Å²) in [5.74, 6) is 0.0742. The van der Waals surface area contributed by atoms with Crippen molar-refractivity contribution in [3.8, 4) is 0 Å². The summed E-state index contributed by atoms with van der Waals surface area (Å²) < 4.78 is 16.9. The van der Waals surface area contributed by atoms with E-state index in [4.69, 9.17) is 14.2 Å². The van der Waals surface area contributed by atoms with Gasteiger partial charge in [-0.05, 0) is 25.2 Å². The number of hydrogen-bond acceptors (Lipinski definition) is 6. The Bertz CT molecular complexity index is 1030. The number of carbonyl (C=O) groups is 3. The highest BCUT2D eigenvalue weighted by molar-refractivity contribution is 5.71. The van der Waals surface area contributed by atoms with E-state index in [0.717, 1.165) is 63.7 Å². The zero-order chi connectivity index (χ0) is 49.5. The molecular formula is C62H120O6. The standard InChI is InChI=1S/C62H120O6/c1-5-8-10-12-14-16-17-18-19-20-21-25-28-31-34-38-42-46-50-54-61(64)67-57-59(56-66-60(63)53-49-45-41-36-15-13-11-9-6-2)68-62(65)55-51-47-43-39-35-32-29-26-23-22-24-27-30-33-37-40-44-48-52-58(4)7-3/h58-59H,5-57H2,1-4H3/t58?,59-/m1/s1. The molecule has 0 bridgehead atoms. The molecule has 0 aromatic carbocycles. The first-order valence-electron chi connectivity index (χ1n) is 30.9. The van der Waals surface area contributed by atoms with Crippen LogP contribution in [-0.4, -0.2) is 37.2 Å². The highest BCUT2D eigenvalue weighted by Gasteiger charge is 2.19. The topological polar surface area (TPSA) is 78.9 Å². The highest BCUT2D eigenvalue weighted by Crippen LogP contribution is 2.19. The Morgan fingerprint density at radius 3 is 0.765 bits per heavy atom. The van der Waals surface area contributed by atoms with Gasteiger partial charge in [0.2, 0.25) is 0 Å². The van der Waals surface area contributed by atoms with Crippen LogP contribution in [0.15, 0.2) is 0 Å². The normalized spacial score (nSPS) is 12.4. The van der Waals surface area contributed by atoms with Gasteiger partial charge in [0.15, 0.2) is 6.10 Å². The van der Waals surface area contributed by atoms with E-state index in [2.05, 4.69) is 27.7 Å². The smallest absolute Gasteiger partial charge is 0.306 e. The van der Waals surface area contributed by atoms with Crippen LogP contribution in [0.5, 0.6) is 0 Å². The summed E-state index contributed by atoms with van der Waals surface area (Å²) in [5, 5.41) is 0. The predicted molar refractivity (Wildman–Crippen MR) is 293 cm³/mol. The highest BCUT2D eigenvalue weighted by atomic mass is 16.6. The molecule has 6 nitrogen and oxygen atoms in total. The van der Waals surface area contributed by atoms with Gasteiger partial charge in [-0.1, -0.05) is 317 Å². The summed E-state index contributed by atoms with van der Waals surface area (Å²) >= 11 is 0. The first-order valence-corrected chi connectivity index (χ1v) is 30.9. The molecule has 0 radical (unpaired) electrons. The van der Waals surface area contributed by atoms with Crippen molar-refractivity contribution in [1.82, 2.24) is 0 Å². The Morgan fingerprint density at radius 2 is 0.515 bits per heavy atom. The SMILES string of the molecule is CCCCCCCCCCCCCCCCCCCCCC(=O)OC[C@@H](COC(=O)CCCCCCCCCCC)OC(=O)CCCCCCCCCCCCCCCCCCCCC(C)CC. The molecule has 0 aliphatic rings. The lowest BCUT2D eigenvalue weighted by molar-refractivity contribution is -0.167. The van der Waals surface area contributed by atoms with Gasteiger partial charge in [-0.2, -0.15) is 0 Å². The average Bonchev–Trinajstić information content (AvgIpc) is 3.34. The summed E-state index contributed by atoms with van der Waals surface area (Å²) in [7, 11) is 0. The molecular weight excluding hydrogens is 841 g/mol. The van der Waals surface area contributed by atoms with Gasteiger partial charge in [-0.15, -0.1) is 0 Å². The van der Waals surface area contributed by atoms with Gasteiger partial charge in [0.1, 0.15) is 13.2 Å². The molecule has 0 rings (SSSR count). The summed E-state index contributed by atoms with van der Waals surface area (Å²) in [5.41, 5.74) is 0. The molecule has 0 aromatic rings. The third kappa shape index (κ3) is 53.8. The van der Waals surface area contributed by atoms with Gasteiger partial charge in [0, 0.05) is 19.3 Å². The fourth-order valence-corrected chi connectivity index (χ4v) is 9.60. The number of unbranched alkanes of at least 4 members (excludes halogenated alkanes) is 43. The molecule has 68 heavy (non-hydrogen) atoms. The van der Waals surface area contributed by atoms with Gasteiger partial charge in [-0.3, -0.25) is 14.4 Å². The third-order valence-corrected chi connectivity index (χ3v) is 14.7. The van der Waals surface area contributed by atoms with Crippen LogP contribution in [0.4, 0.5) is 0 Å². The quantitative estimate of drug-likeness (QED) is 0.0343. The van der Waals surface area contributed by atoms with E-state index in [1.54, 1.807) is 0 Å². The van der Waals surface area contributed by atoms with Crippen molar-refractivity contribution in [3.05, 3.63) is 0 Å². The van der Waals surface area contributed by atoms with Crippen molar-refractivity contribution in [2.75, 3.05) is 13.2 Å². The summed E-state index contributed by atoms with van der Waals surface area (Å²) in [4.78, 5) is 38.1. The van der Waals surface area contributed by atoms with E-state index in [-0.39, 0.29) is 31.1 Å². The number of esters is 3. The van der Waals surface area contributed by atoms with Crippen LogP contribution in [0.1, 0.15) is 355 Å². The monoisotopic (exact) mass is 961 g/mol. The minimum absolute atomic E-state index is 0.0617. The Labute approximate surface area is 425 Å². The third-order valence-electron chi connectivity index (χ3n) is 14.7.